The van der Waals surface area contributed by atoms with Crippen molar-refractivity contribution >= 4 is 70.7 Å². The largest absolute Gasteiger partial charge is 0.481 e. The van der Waals surface area contributed by atoms with Gasteiger partial charge in [-0.3, -0.25) is 24.6 Å². The number of anilines is 1. The first-order valence-corrected chi connectivity index (χ1v) is 21.2. The Morgan fingerprint density at radius 1 is 0.915 bits per heavy atom. The number of nitro groups is 1. The summed E-state index contributed by atoms with van der Waals surface area (Å²) < 4.78 is 131. The van der Waals surface area contributed by atoms with Gasteiger partial charge in [-0.1, -0.05) is 24.6 Å². The van der Waals surface area contributed by atoms with Crippen LogP contribution in [0.3, 0.4) is 0 Å². The van der Waals surface area contributed by atoms with Crippen LogP contribution in [0.5, 0.6) is 23.3 Å². The van der Waals surface area contributed by atoms with Crippen LogP contribution in [0.1, 0.15) is 22.8 Å². The van der Waals surface area contributed by atoms with Crippen LogP contribution < -0.4 is 29.0 Å². The summed E-state index contributed by atoms with van der Waals surface area (Å²) in [6.07, 6.45) is -2.62. The highest BCUT2D eigenvalue weighted by Crippen LogP contribution is 2.37. The van der Waals surface area contributed by atoms with Gasteiger partial charge in [-0.05, 0) is 36.4 Å². The highest BCUT2D eigenvalue weighted by Gasteiger charge is 2.34. The zero-order valence-electron chi connectivity index (χ0n) is 30.3. The van der Waals surface area contributed by atoms with Gasteiger partial charge < -0.3 is 14.2 Å². The van der Waals surface area contributed by atoms with Crippen LogP contribution in [0.2, 0.25) is 5.02 Å². The Balaban J connectivity index is 0.000000262. The van der Waals surface area contributed by atoms with E-state index in [1.54, 1.807) is 15.5 Å². The molecule has 316 valence electrons. The molecule has 0 fully saturated rings. The number of carbonyl (C=O) groups is 2. The van der Waals surface area contributed by atoms with Crippen LogP contribution in [0.15, 0.2) is 76.9 Å². The number of methoxy groups -OCH3 is 2. The van der Waals surface area contributed by atoms with Crippen molar-refractivity contribution in [1.82, 2.24) is 28.8 Å². The summed E-state index contributed by atoms with van der Waals surface area (Å²) >= 11 is 5.76. The van der Waals surface area contributed by atoms with Gasteiger partial charge in [0.1, 0.15) is 22.7 Å². The number of aromatic nitrogens is 4. The average molecular weight is 909 g/mol. The summed E-state index contributed by atoms with van der Waals surface area (Å²) in [6, 6.07) is 9.69. The Hall–Kier alpha value is -6.32. The Kier molecular flexibility index (Phi) is 13.6. The molecule has 5 aromatic rings. The molecular formula is C31H28ClF3N8O13S3. The number of carbonyl (C=O) groups excluding carboxylic acids is 2. The maximum atomic E-state index is 13.0. The summed E-state index contributed by atoms with van der Waals surface area (Å²) in [7, 11) is -10.0. The molecule has 5 rings (SSSR count). The lowest BCUT2D eigenvalue weighted by molar-refractivity contribution is -0.385. The molecule has 0 atom stereocenters. The molecular weight excluding hydrogens is 881 g/mol. The van der Waals surface area contributed by atoms with Crippen LogP contribution in [0.25, 0.3) is 5.65 Å². The summed E-state index contributed by atoms with van der Waals surface area (Å²) in [4.78, 5) is 46.1. The number of imidazole rings is 1. The molecule has 2 aromatic carbocycles. The van der Waals surface area contributed by atoms with Gasteiger partial charge in [0, 0.05) is 18.3 Å². The summed E-state index contributed by atoms with van der Waals surface area (Å²) in [5.74, 6) is -2.25. The van der Waals surface area contributed by atoms with Crippen LogP contribution >= 0.6 is 11.6 Å². The lowest BCUT2D eigenvalue weighted by Gasteiger charge is -2.12. The topological polar surface area (TPSA) is 287 Å². The van der Waals surface area contributed by atoms with E-state index in [9.17, 15) is 58.1 Å². The number of nitro benzene ring substituents is 1. The number of fused-ring (bicyclic) bond motifs is 1. The zero-order chi connectivity index (χ0) is 44.1. The van der Waals surface area contributed by atoms with Crippen molar-refractivity contribution in [2.45, 2.75) is 23.2 Å². The highest BCUT2D eigenvalue weighted by atomic mass is 35.5. The van der Waals surface area contributed by atoms with E-state index in [2.05, 4.69) is 20.3 Å². The Bertz CT molecular complexity index is 2770. The number of ether oxygens (including phenoxy) is 3. The van der Waals surface area contributed by atoms with Crippen LogP contribution in [0.4, 0.5) is 29.6 Å². The second-order valence-corrected chi connectivity index (χ2v) is 17.2. The molecule has 3 N–H and O–H groups in total. The molecule has 28 heteroatoms. The van der Waals surface area contributed by atoms with Gasteiger partial charge in [-0.25, -0.2) is 36.1 Å². The lowest BCUT2D eigenvalue weighted by atomic mass is 10.1. The molecule has 0 radical (unpaired) electrons. The maximum absolute atomic E-state index is 13.0. The van der Waals surface area contributed by atoms with Gasteiger partial charge in [0.25, 0.3) is 21.6 Å². The fourth-order valence-electron chi connectivity index (χ4n) is 4.53. The number of hydrogen-bond donors (Lipinski definition) is 3. The number of hydrogen-bond acceptors (Lipinski definition) is 16. The SMILES string of the molecule is CCS(=O)(=O)c1nc2ccccn2c1S(=O)(=O)NC(=O)Nc1nc(OC)cc(OC)n1.CS(=O)(=O)NC(=O)c1cc(Oc2ccc(C(F)(F)F)cc2Cl)ccc1[N+](=O)[O-]. The number of sulfonamides is 2. The van der Waals surface area contributed by atoms with E-state index in [0.29, 0.717) is 18.4 Å². The minimum absolute atomic E-state index is 0.0584. The number of urea groups is 1. The molecule has 0 unspecified atom stereocenters. The first-order chi connectivity index (χ1) is 27.4. The molecule has 3 amide bonds. The third kappa shape index (κ3) is 11.4. The third-order valence-corrected chi connectivity index (χ3v) is 11.1. The number of pyridine rings is 1. The summed E-state index contributed by atoms with van der Waals surface area (Å²) in [5, 5.41) is 11.4. The van der Waals surface area contributed by atoms with Gasteiger partial charge in [-0.15, -0.1) is 0 Å². The fourth-order valence-corrected chi connectivity index (χ4v) is 7.86. The molecule has 0 spiro atoms. The van der Waals surface area contributed by atoms with Crippen molar-refractivity contribution in [3.8, 4) is 23.3 Å². The van der Waals surface area contributed by atoms with Crippen molar-refractivity contribution in [3.63, 3.8) is 0 Å². The van der Waals surface area contributed by atoms with E-state index in [-0.39, 0.29) is 40.6 Å². The van der Waals surface area contributed by atoms with Crippen LogP contribution in [-0.4, -0.2) is 87.7 Å². The summed E-state index contributed by atoms with van der Waals surface area (Å²) in [6.45, 7) is 1.35. The van der Waals surface area contributed by atoms with Crippen molar-refractivity contribution < 1.29 is 67.1 Å². The average Bonchev–Trinajstić information content (AvgIpc) is 3.56. The minimum Gasteiger partial charge on any atom is -0.481 e. The van der Waals surface area contributed by atoms with Crippen molar-refractivity contribution in [3.05, 3.63) is 93.1 Å². The Morgan fingerprint density at radius 3 is 2.10 bits per heavy atom. The molecule has 0 saturated heterocycles. The van der Waals surface area contributed by atoms with Crippen LogP contribution in [0, 0.1) is 10.1 Å². The van der Waals surface area contributed by atoms with Gasteiger partial charge in [-0.2, -0.15) is 31.6 Å². The highest BCUT2D eigenvalue weighted by molar-refractivity contribution is 7.93. The monoisotopic (exact) mass is 908 g/mol. The van der Waals surface area contributed by atoms with E-state index in [4.69, 9.17) is 25.8 Å². The summed E-state index contributed by atoms with van der Waals surface area (Å²) in [5.41, 5.74) is -2.26. The predicted octanol–water partition coefficient (Wildman–Crippen LogP) is 4.19. The Labute approximate surface area is 336 Å². The molecule has 21 nitrogen and oxygen atoms in total. The van der Waals surface area contributed by atoms with Gasteiger partial charge in [0.2, 0.25) is 27.7 Å². The third-order valence-electron chi connectivity index (χ3n) is 7.11. The lowest BCUT2D eigenvalue weighted by Crippen LogP contribution is -2.36. The molecule has 3 heterocycles. The van der Waals surface area contributed by atoms with E-state index < -0.39 is 84.8 Å². The number of sulfone groups is 1. The molecule has 3 aromatic heterocycles. The number of benzene rings is 2. The smallest absolute Gasteiger partial charge is 0.416 e. The van der Waals surface area contributed by atoms with E-state index in [1.165, 1.54) is 45.5 Å². The van der Waals surface area contributed by atoms with E-state index in [1.807, 2.05) is 0 Å². The zero-order valence-corrected chi connectivity index (χ0v) is 33.5. The quantitative estimate of drug-likeness (QED) is 0.117. The fraction of sp³-hybridized carbons (Fsp3) is 0.194. The predicted molar refractivity (Wildman–Crippen MR) is 199 cm³/mol. The number of halogens is 4. The number of amides is 3. The maximum Gasteiger partial charge on any atom is 0.416 e. The number of alkyl halides is 3. The normalized spacial score (nSPS) is 11.8. The van der Waals surface area contributed by atoms with Crippen molar-refractivity contribution in [1.29, 1.82) is 0 Å². The first kappa shape index (κ1) is 45.4. The number of nitrogens with zero attached hydrogens (tertiary/aromatic N) is 5. The van der Waals surface area contributed by atoms with E-state index in [0.717, 1.165) is 28.7 Å². The van der Waals surface area contributed by atoms with Gasteiger partial charge >= 0.3 is 12.2 Å². The van der Waals surface area contributed by atoms with Crippen LogP contribution in [-0.2, 0) is 36.1 Å². The van der Waals surface area contributed by atoms with Crippen molar-refractivity contribution in [2.75, 3.05) is 31.5 Å². The van der Waals surface area contributed by atoms with E-state index >= 15 is 0 Å². The van der Waals surface area contributed by atoms with Gasteiger partial charge in [0.15, 0.2) is 19.9 Å². The molecule has 0 aliphatic carbocycles. The molecule has 0 aliphatic rings. The molecule has 0 saturated carbocycles. The second-order valence-electron chi connectivity index (χ2n) is 11.3. The second kappa shape index (κ2) is 17.7. The standard InChI is InChI=1S/C16H18N6O7S2.C15H10ClF3N2O6S/c1-4-30(24,25)13-14(22-8-6-5-7-10(22)17-13)31(26,27)21-16(23)20-15-18-11(28-2)9-12(19-15)29-3;1-28(25,26)20-14(22)10-7-9(3-4-12(10)21(23)24)27-13-5-2-8(6-11(13)16)15(17,18)19/h5-9H,4H2,1-3H3,(H2,18,19,20,21,23);2-7H,1H3,(H,20,22). The van der Waals surface area contributed by atoms with Gasteiger partial charge in [0.05, 0.1) is 47.8 Å². The minimum atomic E-state index is -4.68. The van der Waals surface area contributed by atoms with Crippen molar-refractivity contribution in [2.24, 2.45) is 0 Å². The first-order valence-electron chi connectivity index (χ1n) is 15.7. The molecule has 0 bridgehead atoms. The number of nitrogens with one attached hydrogen (secondary N) is 3. The molecule has 0 aliphatic heterocycles. The number of rotatable bonds is 12. The molecule has 59 heavy (non-hydrogen) atoms. The Morgan fingerprint density at radius 2 is 1.56 bits per heavy atom.